The largest absolute Gasteiger partial charge is 0.336 e. The number of likely N-dealkylation sites (tertiary alicyclic amines) is 2. The summed E-state index contributed by atoms with van der Waals surface area (Å²) in [7, 11) is 0. The maximum absolute atomic E-state index is 13.9. The van der Waals surface area contributed by atoms with Crippen LogP contribution >= 0.6 is 0 Å². The second kappa shape index (κ2) is 12.5. The molecule has 2 saturated heterocycles. The summed E-state index contributed by atoms with van der Waals surface area (Å²) >= 11 is 0. The van der Waals surface area contributed by atoms with E-state index in [2.05, 4.69) is 19.2 Å². The monoisotopic (exact) mass is 537 g/mol. The molecule has 2 heterocycles. The normalized spacial score (nSPS) is 19.4. The van der Waals surface area contributed by atoms with Crippen molar-refractivity contribution in [1.29, 1.82) is 0 Å². The molecule has 0 unspecified atom stereocenters. The fourth-order valence-corrected chi connectivity index (χ4v) is 6.08. The van der Waals surface area contributed by atoms with Crippen LogP contribution in [0.5, 0.6) is 0 Å². The molecule has 0 radical (unpaired) electrons. The highest BCUT2D eigenvalue weighted by Gasteiger charge is 2.29. The standard InChI is InChI=1S/C34H39N3O3/c1-24-13-9-11-19-36(24)33(39)28-21-29(34(40)37-20-12-10-14-25(37)2)23-30(22-28)35-32(38)31(26-15-5-3-6-16-26)27-17-7-4-8-18-27/h3-8,15-18,21-25,31H,9-14,19-20H2,1-2H3,(H,35,38)/t24-,25+. The highest BCUT2D eigenvalue weighted by Crippen LogP contribution is 2.29. The van der Waals surface area contributed by atoms with Crippen LogP contribution in [0.25, 0.3) is 0 Å². The van der Waals surface area contributed by atoms with Crippen molar-refractivity contribution in [2.45, 2.75) is 70.4 Å². The summed E-state index contributed by atoms with van der Waals surface area (Å²) in [4.78, 5) is 45.1. The lowest BCUT2D eigenvalue weighted by molar-refractivity contribution is -0.116. The molecule has 3 aromatic carbocycles. The Balaban J connectivity index is 1.51. The Morgan fingerprint density at radius 1 is 0.675 bits per heavy atom. The molecule has 0 bridgehead atoms. The first-order valence-corrected chi connectivity index (χ1v) is 14.6. The average molecular weight is 538 g/mol. The molecule has 2 fully saturated rings. The first-order valence-electron chi connectivity index (χ1n) is 14.6. The molecule has 6 heteroatoms. The van der Waals surface area contributed by atoms with E-state index in [0.717, 1.165) is 49.7 Å². The zero-order chi connectivity index (χ0) is 28.1. The van der Waals surface area contributed by atoms with Gasteiger partial charge in [-0.3, -0.25) is 14.4 Å². The zero-order valence-corrected chi connectivity index (χ0v) is 23.5. The van der Waals surface area contributed by atoms with Gasteiger partial charge < -0.3 is 15.1 Å². The quantitative estimate of drug-likeness (QED) is 0.391. The van der Waals surface area contributed by atoms with Crippen LogP contribution in [0.4, 0.5) is 5.69 Å². The highest BCUT2D eigenvalue weighted by molar-refractivity contribution is 6.04. The van der Waals surface area contributed by atoms with E-state index in [1.54, 1.807) is 18.2 Å². The summed E-state index contributed by atoms with van der Waals surface area (Å²) in [6, 6.07) is 24.8. The molecule has 0 aliphatic carbocycles. The number of carbonyl (C=O) groups is 3. The van der Waals surface area contributed by atoms with Crippen molar-refractivity contribution in [3.05, 3.63) is 101 Å². The van der Waals surface area contributed by atoms with Crippen molar-refractivity contribution >= 4 is 23.4 Å². The summed E-state index contributed by atoms with van der Waals surface area (Å²) in [5.41, 5.74) is 3.09. The van der Waals surface area contributed by atoms with Gasteiger partial charge in [-0.05, 0) is 81.7 Å². The van der Waals surface area contributed by atoms with Gasteiger partial charge in [-0.25, -0.2) is 0 Å². The summed E-state index contributed by atoms with van der Waals surface area (Å²) in [5, 5.41) is 3.08. The molecular formula is C34H39N3O3. The van der Waals surface area contributed by atoms with Crippen molar-refractivity contribution < 1.29 is 14.4 Å². The smallest absolute Gasteiger partial charge is 0.254 e. The molecule has 40 heavy (non-hydrogen) atoms. The van der Waals surface area contributed by atoms with Crippen LogP contribution in [0.3, 0.4) is 0 Å². The van der Waals surface area contributed by atoms with E-state index in [1.165, 1.54) is 0 Å². The van der Waals surface area contributed by atoms with E-state index in [0.29, 0.717) is 29.9 Å². The van der Waals surface area contributed by atoms with E-state index < -0.39 is 5.92 Å². The van der Waals surface area contributed by atoms with Crippen LogP contribution in [0, 0.1) is 0 Å². The molecule has 2 atom stereocenters. The number of nitrogens with zero attached hydrogens (tertiary/aromatic N) is 2. The molecule has 3 amide bonds. The molecular weight excluding hydrogens is 498 g/mol. The van der Waals surface area contributed by atoms with Gasteiger partial charge in [0, 0.05) is 42.0 Å². The fourth-order valence-electron chi connectivity index (χ4n) is 6.08. The van der Waals surface area contributed by atoms with Crippen molar-refractivity contribution in [2.24, 2.45) is 0 Å². The minimum atomic E-state index is -0.537. The zero-order valence-electron chi connectivity index (χ0n) is 23.5. The van der Waals surface area contributed by atoms with Crippen molar-refractivity contribution in [1.82, 2.24) is 9.80 Å². The van der Waals surface area contributed by atoms with Crippen LogP contribution in [0.1, 0.15) is 90.1 Å². The lowest BCUT2D eigenvalue weighted by atomic mass is 9.90. The van der Waals surface area contributed by atoms with Gasteiger partial charge in [0.1, 0.15) is 0 Å². The number of rotatable bonds is 6. The number of anilines is 1. The SMILES string of the molecule is C[C@@H]1CCCCN1C(=O)c1cc(NC(=O)C(c2ccccc2)c2ccccc2)cc(C(=O)N2CCCC[C@@H]2C)c1. The second-order valence-electron chi connectivity index (χ2n) is 11.2. The Bertz CT molecular complexity index is 1250. The summed E-state index contributed by atoms with van der Waals surface area (Å²) in [6.45, 7) is 5.56. The number of benzene rings is 3. The van der Waals surface area contributed by atoms with Crippen LogP contribution in [-0.2, 0) is 4.79 Å². The third-order valence-corrected chi connectivity index (χ3v) is 8.35. The Hall–Kier alpha value is -3.93. The van der Waals surface area contributed by atoms with E-state index in [1.807, 2.05) is 70.5 Å². The lowest BCUT2D eigenvalue weighted by Crippen LogP contribution is -2.43. The van der Waals surface area contributed by atoms with Gasteiger partial charge in [0.05, 0.1) is 5.92 Å². The third kappa shape index (κ3) is 6.11. The van der Waals surface area contributed by atoms with E-state index in [-0.39, 0.29) is 29.8 Å². The van der Waals surface area contributed by atoms with Crippen LogP contribution in [0.15, 0.2) is 78.9 Å². The van der Waals surface area contributed by atoms with Gasteiger partial charge in [-0.15, -0.1) is 0 Å². The van der Waals surface area contributed by atoms with Gasteiger partial charge in [-0.1, -0.05) is 60.7 Å². The molecule has 0 spiro atoms. The third-order valence-electron chi connectivity index (χ3n) is 8.35. The highest BCUT2D eigenvalue weighted by atomic mass is 16.2. The van der Waals surface area contributed by atoms with Crippen molar-refractivity contribution in [3.63, 3.8) is 0 Å². The number of hydrogen-bond acceptors (Lipinski definition) is 3. The summed E-state index contributed by atoms with van der Waals surface area (Å²) in [6.07, 6.45) is 6.10. The molecule has 2 aliphatic heterocycles. The molecule has 208 valence electrons. The van der Waals surface area contributed by atoms with Gasteiger partial charge in [-0.2, -0.15) is 0 Å². The van der Waals surface area contributed by atoms with Gasteiger partial charge >= 0.3 is 0 Å². The molecule has 3 aromatic rings. The topological polar surface area (TPSA) is 69.7 Å². The Morgan fingerprint density at radius 2 is 1.12 bits per heavy atom. The Morgan fingerprint density at radius 3 is 1.55 bits per heavy atom. The summed E-state index contributed by atoms with van der Waals surface area (Å²) < 4.78 is 0. The van der Waals surface area contributed by atoms with Crippen molar-refractivity contribution in [2.75, 3.05) is 18.4 Å². The van der Waals surface area contributed by atoms with E-state index in [9.17, 15) is 14.4 Å². The number of piperidine rings is 2. The van der Waals surface area contributed by atoms with Crippen LogP contribution in [0.2, 0.25) is 0 Å². The molecule has 6 nitrogen and oxygen atoms in total. The minimum Gasteiger partial charge on any atom is -0.336 e. The Kier molecular flexibility index (Phi) is 8.63. The van der Waals surface area contributed by atoms with Crippen molar-refractivity contribution in [3.8, 4) is 0 Å². The predicted molar refractivity (Wildman–Crippen MR) is 158 cm³/mol. The molecule has 0 saturated carbocycles. The van der Waals surface area contributed by atoms with Gasteiger partial charge in [0.25, 0.3) is 11.8 Å². The molecule has 1 N–H and O–H groups in total. The van der Waals surface area contributed by atoms with Gasteiger partial charge in [0.15, 0.2) is 0 Å². The average Bonchev–Trinajstić information content (AvgIpc) is 2.98. The summed E-state index contributed by atoms with van der Waals surface area (Å²) in [5.74, 6) is -0.929. The van der Waals surface area contributed by atoms with Crippen LogP contribution in [-0.4, -0.2) is 52.7 Å². The number of hydrogen-bond donors (Lipinski definition) is 1. The molecule has 0 aromatic heterocycles. The second-order valence-corrected chi connectivity index (χ2v) is 11.2. The minimum absolute atomic E-state index is 0.0910. The lowest BCUT2D eigenvalue weighted by Gasteiger charge is -2.34. The molecule has 5 rings (SSSR count). The number of nitrogens with one attached hydrogen (secondary N) is 1. The Labute approximate surface area is 237 Å². The maximum Gasteiger partial charge on any atom is 0.254 e. The number of carbonyl (C=O) groups excluding carboxylic acids is 3. The predicted octanol–water partition coefficient (Wildman–Crippen LogP) is 6.49. The fraction of sp³-hybridized carbons (Fsp3) is 0.382. The van der Waals surface area contributed by atoms with Gasteiger partial charge in [0.2, 0.25) is 5.91 Å². The maximum atomic E-state index is 13.9. The van der Waals surface area contributed by atoms with E-state index >= 15 is 0 Å². The van der Waals surface area contributed by atoms with E-state index in [4.69, 9.17) is 0 Å². The van der Waals surface area contributed by atoms with Crippen LogP contribution < -0.4 is 5.32 Å². The molecule has 2 aliphatic rings. The first-order chi connectivity index (χ1) is 19.4. The number of amides is 3. The first kappa shape index (κ1) is 27.6.